The summed E-state index contributed by atoms with van der Waals surface area (Å²) in [6, 6.07) is 7.75. The van der Waals surface area contributed by atoms with E-state index in [4.69, 9.17) is 4.74 Å². The summed E-state index contributed by atoms with van der Waals surface area (Å²) in [5.41, 5.74) is 2.43. The van der Waals surface area contributed by atoms with Crippen LogP contribution in [0.5, 0.6) is 5.75 Å². The Kier molecular flexibility index (Phi) is 2.40. The van der Waals surface area contributed by atoms with E-state index in [1.165, 1.54) is 11.1 Å². The second-order valence-corrected chi connectivity index (χ2v) is 2.22. The summed E-state index contributed by atoms with van der Waals surface area (Å²) in [5.74, 6) is 0.801. The molecule has 0 radical (unpaired) electrons. The number of thiocarbonyl (C=S) groups is 1. The lowest BCUT2D eigenvalue weighted by atomic mass is 10.2. The van der Waals surface area contributed by atoms with Crippen molar-refractivity contribution in [1.29, 1.82) is 0 Å². The summed E-state index contributed by atoms with van der Waals surface area (Å²) in [7, 11) is 0. The Balaban J connectivity index is 2.84. The molecule has 0 fully saturated rings. The predicted molar refractivity (Wildman–Crippen MR) is 45.5 cm³/mol. The van der Waals surface area contributed by atoms with Crippen LogP contribution in [-0.4, -0.2) is 5.55 Å². The van der Waals surface area contributed by atoms with Crippen molar-refractivity contribution < 1.29 is 4.74 Å². The van der Waals surface area contributed by atoms with E-state index < -0.39 is 0 Å². The van der Waals surface area contributed by atoms with Gasteiger partial charge in [0.15, 0.2) is 5.55 Å². The van der Waals surface area contributed by atoms with Gasteiger partial charge in [0.05, 0.1) is 0 Å². The molecule has 0 unspecified atom stereocenters. The first-order chi connectivity index (χ1) is 4.83. The highest BCUT2D eigenvalue weighted by molar-refractivity contribution is 7.78. The molecular formula is C8H8OS. The van der Waals surface area contributed by atoms with Gasteiger partial charge < -0.3 is 4.74 Å². The van der Waals surface area contributed by atoms with Gasteiger partial charge in [-0.1, -0.05) is 12.1 Å². The van der Waals surface area contributed by atoms with Crippen LogP contribution in [0.4, 0.5) is 0 Å². The van der Waals surface area contributed by atoms with E-state index in [0.29, 0.717) is 0 Å². The van der Waals surface area contributed by atoms with E-state index in [-0.39, 0.29) is 0 Å². The lowest BCUT2D eigenvalue weighted by Gasteiger charge is -1.97. The molecular weight excluding hydrogens is 144 g/mol. The molecule has 0 atom stereocenters. The average Bonchev–Trinajstić information content (AvgIpc) is 1.88. The molecule has 0 bridgehead atoms. The van der Waals surface area contributed by atoms with Crippen LogP contribution in [0.25, 0.3) is 0 Å². The Morgan fingerprint density at radius 1 is 1.50 bits per heavy atom. The van der Waals surface area contributed by atoms with Crippen molar-refractivity contribution in [2.75, 3.05) is 0 Å². The van der Waals surface area contributed by atoms with Gasteiger partial charge >= 0.3 is 0 Å². The lowest BCUT2D eigenvalue weighted by molar-refractivity contribution is 0.585. The normalized spacial score (nSPS) is 8.90. The van der Waals surface area contributed by atoms with E-state index in [1.807, 2.05) is 31.2 Å². The van der Waals surface area contributed by atoms with Crippen LogP contribution >= 0.6 is 12.2 Å². The number of hydrogen-bond acceptors (Lipinski definition) is 2. The third-order valence-electron chi connectivity index (χ3n) is 1.17. The Morgan fingerprint density at radius 2 is 2.30 bits per heavy atom. The maximum Gasteiger partial charge on any atom is 0.154 e. The first-order valence-corrected chi connectivity index (χ1v) is 3.47. The standard InChI is InChI=1S/C8H8OS/c1-7-3-2-4-8(5-7)9-6-10/h2-6H,1H3. The minimum atomic E-state index is 0.801. The number of hydrogen-bond donors (Lipinski definition) is 0. The molecule has 0 spiro atoms. The van der Waals surface area contributed by atoms with Gasteiger partial charge in [0, 0.05) is 0 Å². The topological polar surface area (TPSA) is 9.23 Å². The zero-order valence-electron chi connectivity index (χ0n) is 5.70. The number of ether oxygens (including phenoxy) is 1. The number of benzene rings is 1. The summed E-state index contributed by atoms with van der Waals surface area (Å²) < 4.78 is 4.98. The molecule has 1 rings (SSSR count). The molecule has 0 heterocycles. The van der Waals surface area contributed by atoms with Crippen molar-refractivity contribution in [2.45, 2.75) is 6.92 Å². The Labute approximate surface area is 65.6 Å². The summed E-state index contributed by atoms with van der Waals surface area (Å²) in [4.78, 5) is 0. The van der Waals surface area contributed by atoms with Gasteiger partial charge in [-0.05, 0) is 36.8 Å². The Bertz CT molecular complexity index is 232. The van der Waals surface area contributed by atoms with Crippen LogP contribution in [0.1, 0.15) is 5.56 Å². The van der Waals surface area contributed by atoms with Gasteiger partial charge in [0.2, 0.25) is 0 Å². The quantitative estimate of drug-likeness (QED) is 0.601. The molecule has 52 valence electrons. The van der Waals surface area contributed by atoms with Crippen LogP contribution < -0.4 is 4.74 Å². The van der Waals surface area contributed by atoms with Crippen LogP contribution in [0.3, 0.4) is 0 Å². The van der Waals surface area contributed by atoms with E-state index in [0.717, 1.165) is 5.75 Å². The van der Waals surface area contributed by atoms with Crippen LogP contribution in [-0.2, 0) is 0 Å². The molecule has 2 heteroatoms. The fourth-order valence-electron chi connectivity index (χ4n) is 0.744. The minimum Gasteiger partial charge on any atom is -0.454 e. The molecule has 1 nitrogen and oxygen atoms in total. The Morgan fingerprint density at radius 3 is 2.90 bits per heavy atom. The lowest BCUT2D eigenvalue weighted by Crippen LogP contribution is -1.85. The second kappa shape index (κ2) is 3.32. The summed E-state index contributed by atoms with van der Waals surface area (Å²) >= 11 is 4.53. The molecule has 1 aromatic rings. The maximum absolute atomic E-state index is 4.98. The highest BCUT2D eigenvalue weighted by Crippen LogP contribution is 2.10. The average molecular weight is 152 g/mol. The van der Waals surface area contributed by atoms with Crippen molar-refractivity contribution in [3.8, 4) is 5.75 Å². The maximum atomic E-state index is 4.98. The van der Waals surface area contributed by atoms with Gasteiger partial charge in [-0.15, -0.1) is 0 Å². The summed E-state index contributed by atoms with van der Waals surface area (Å²) in [6.45, 7) is 2.01. The van der Waals surface area contributed by atoms with Crippen molar-refractivity contribution in [1.82, 2.24) is 0 Å². The molecule has 0 saturated carbocycles. The molecule has 10 heavy (non-hydrogen) atoms. The summed E-state index contributed by atoms with van der Waals surface area (Å²) in [6.07, 6.45) is 0. The number of aryl methyl sites for hydroxylation is 1. The van der Waals surface area contributed by atoms with Gasteiger partial charge in [0.1, 0.15) is 5.75 Å². The van der Waals surface area contributed by atoms with Crippen molar-refractivity contribution in [3.63, 3.8) is 0 Å². The molecule has 0 aliphatic heterocycles. The van der Waals surface area contributed by atoms with Crippen molar-refractivity contribution in [2.24, 2.45) is 0 Å². The van der Waals surface area contributed by atoms with Gasteiger partial charge in [0.25, 0.3) is 0 Å². The first kappa shape index (κ1) is 7.22. The molecule has 0 N–H and O–H groups in total. The van der Waals surface area contributed by atoms with Crippen LogP contribution in [0, 0.1) is 6.92 Å². The van der Waals surface area contributed by atoms with Gasteiger partial charge in [-0.3, -0.25) is 0 Å². The monoisotopic (exact) mass is 152 g/mol. The van der Waals surface area contributed by atoms with Gasteiger partial charge in [-0.2, -0.15) is 0 Å². The highest BCUT2D eigenvalue weighted by Gasteiger charge is 1.88. The fourth-order valence-corrected chi connectivity index (χ4v) is 0.855. The fraction of sp³-hybridized carbons (Fsp3) is 0.125. The first-order valence-electron chi connectivity index (χ1n) is 3.00. The van der Waals surface area contributed by atoms with Crippen molar-refractivity contribution in [3.05, 3.63) is 29.8 Å². The minimum absolute atomic E-state index is 0.801. The molecule has 1 aromatic carbocycles. The van der Waals surface area contributed by atoms with E-state index in [9.17, 15) is 0 Å². The smallest absolute Gasteiger partial charge is 0.154 e. The largest absolute Gasteiger partial charge is 0.454 e. The zero-order chi connectivity index (χ0) is 7.40. The van der Waals surface area contributed by atoms with E-state index >= 15 is 0 Å². The molecule has 0 amide bonds. The third kappa shape index (κ3) is 1.81. The molecule has 0 saturated heterocycles. The Hall–Kier alpha value is -0.890. The van der Waals surface area contributed by atoms with Gasteiger partial charge in [-0.25, -0.2) is 0 Å². The van der Waals surface area contributed by atoms with Crippen LogP contribution in [0.2, 0.25) is 0 Å². The van der Waals surface area contributed by atoms with Crippen molar-refractivity contribution >= 4 is 17.8 Å². The zero-order valence-corrected chi connectivity index (χ0v) is 6.52. The van der Waals surface area contributed by atoms with E-state index in [1.54, 1.807) is 0 Å². The number of rotatable bonds is 2. The summed E-state index contributed by atoms with van der Waals surface area (Å²) in [5, 5.41) is 0. The van der Waals surface area contributed by atoms with Crippen LogP contribution in [0.15, 0.2) is 24.3 Å². The predicted octanol–water partition coefficient (Wildman–Crippen LogP) is 2.33. The highest BCUT2D eigenvalue weighted by atomic mass is 32.1. The SMILES string of the molecule is Cc1cccc(OC=S)c1. The molecule has 0 aromatic heterocycles. The third-order valence-corrected chi connectivity index (χ3v) is 1.27. The van der Waals surface area contributed by atoms with E-state index in [2.05, 4.69) is 12.2 Å². The molecule has 0 aliphatic rings. The second-order valence-electron chi connectivity index (χ2n) is 2.03. The molecule has 0 aliphatic carbocycles.